The normalized spacial score (nSPS) is 10.2. The molecule has 0 atom stereocenters. The van der Waals surface area contributed by atoms with Crippen molar-refractivity contribution in [3.8, 4) is 0 Å². The van der Waals surface area contributed by atoms with Crippen LogP contribution in [0.4, 0.5) is 0 Å². The molecule has 2 aromatic heterocycles. The largest absolute Gasteiger partial charge is 0.336 e. The van der Waals surface area contributed by atoms with E-state index in [1.807, 2.05) is 12.1 Å². The zero-order chi connectivity index (χ0) is 12.3. The van der Waals surface area contributed by atoms with E-state index in [1.165, 1.54) is 0 Å². The van der Waals surface area contributed by atoms with E-state index < -0.39 is 0 Å². The Bertz CT molecular complexity index is 506. The van der Waals surface area contributed by atoms with Gasteiger partial charge in [0.2, 0.25) is 0 Å². The number of amides is 1. The Morgan fingerprint density at radius 2 is 2.06 bits per heavy atom. The first-order valence-electron chi connectivity index (χ1n) is 5.31. The Morgan fingerprint density at radius 1 is 1.35 bits per heavy atom. The van der Waals surface area contributed by atoms with Gasteiger partial charge in [0, 0.05) is 39.2 Å². The van der Waals surface area contributed by atoms with E-state index in [-0.39, 0.29) is 5.91 Å². The average Bonchev–Trinajstić information content (AvgIpc) is 2.76. The highest BCUT2D eigenvalue weighted by molar-refractivity contribution is 5.91. The lowest BCUT2D eigenvalue weighted by Gasteiger charge is -2.15. The fourth-order valence-electron chi connectivity index (χ4n) is 1.56. The maximum atomic E-state index is 12.0. The van der Waals surface area contributed by atoms with Gasteiger partial charge < -0.3 is 4.90 Å². The molecule has 0 N–H and O–H groups in total. The molecular formula is C12H14N4O. The van der Waals surface area contributed by atoms with Crippen LogP contribution in [-0.4, -0.2) is 32.6 Å². The zero-order valence-electron chi connectivity index (χ0n) is 9.87. The Hall–Kier alpha value is -2.17. The highest BCUT2D eigenvalue weighted by atomic mass is 16.2. The molecular weight excluding hydrogens is 216 g/mol. The molecule has 0 bridgehead atoms. The van der Waals surface area contributed by atoms with Crippen LogP contribution < -0.4 is 0 Å². The predicted molar refractivity (Wildman–Crippen MR) is 63.2 cm³/mol. The lowest BCUT2D eigenvalue weighted by atomic mass is 10.2. The fraction of sp³-hybridized carbons (Fsp3) is 0.250. The molecule has 0 aliphatic carbocycles. The molecule has 0 radical (unpaired) electrons. The quantitative estimate of drug-likeness (QED) is 0.793. The van der Waals surface area contributed by atoms with Crippen LogP contribution in [0.25, 0.3) is 0 Å². The lowest BCUT2D eigenvalue weighted by Crippen LogP contribution is -2.26. The summed E-state index contributed by atoms with van der Waals surface area (Å²) < 4.78 is 1.62. The van der Waals surface area contributed by atoms with Crippen LogP contribution in [0.5, 0.6) is 0 Å². The molecule has 2 rings (SSSR count). The molecule has 0 aliphatic heterocycles. The molecule has 2 heterocycles. The third kappa shape index (κ3) is 2.69. The van der Waals surface area contributed by atoms with Crippen LogP contribution in [0.15, 0.2) is 36.8 Å². The number of hydrogen-bond acceptors (Lipinski definition) is 3. The highest BCUT2D eigenvalue weighted by Crippen LogP contribution is 2.05. The van der Waals surface area contributed by atoms with E-state index in [4.69, 9.17) is 0 Å². The van der Waals surface area contributed by atoms with Crippen molar-refractivity contribution in [1.82, 2.24) is 19.7 Å². The number of pyridine rings is 1. The summed E-state index contributed by atoms with van der Waals surface area (Å²) in [6.45, 7) is 0.553. The smallest absolute Gasteiger partial charge is 0.274 e. The number of aryl methyl sites for hydroxylation is 1. The number of rotatable bonds is 3. The molecule has 0 aromatic carbocycles. The van der Waals surface area contributed by atoms with Gasteiger partial charge in [-0.3, -0.25) is 14.5 Å². The van der Waals surface area contributed by atoms with Crippen molar-refractivity contribution >= 4 is 5.91 Å². The molecule has 0 fully saturated rings. The summed E-state index contributed by atoms with van der Waals surface area (Å²) in [7, 11) is 3.55. The average molecular weight is 230 g/mol. The molecule has 5 heteroatoms. The van der Waals surface area contributed by atoms with Gasteiger partial charge in [-0.1, -0.05) is 0 Å². The highest BCUT2D eigenvalue weighted by Gasteiger charge is 2.14. The molecule has 0 saturated heterocycles. The summed E-state index contributed by atoms with van der Waals surface area (Å²) in [6.07, 6.45) is 5.19. The van der Waals surface area contributed by atoms with Crippen LogP contribution >= 0.6 is 0 Å². The molecule has 0 aliphatic rings. The Balaban J connectivity index is 2.06. The van der Waals surface area contributed by atoms with Crippen LogP contribution in [0, 0.1) is 0 Å². The van der Waals surface area contributed by atoms with Crippen LogP contribution in [0.2, 0.25) is 0 Å². The fourth-order valence-corrected chi connectivity index (χ4v) is 1.56. The van der Waals surface area contributed by atoms with E-state index >= 15 is 0 Å². The van der Waals surface area contributed by atoms with Crippen molar-refractivity contribution < 1.29 is 4.79 Å². The van der Waals surface area contributed by atoms with Crippen molar-refractivity contribution in [2.45, 2.75) is 6.54 Å². The minimum absolute atomic E-state index is 0.0811. The van der Waals surface area contributed by atoms with Crippen molar-refractivity contribution in [3.05, 3.63) is 48.0 Å². The first kappa shape index (κ1) is 11.3. The van der Waals surface area contributed by atoms with Crippen molar-refractivity contribution in [2.24, 2.45) is 7.05 Å². The van der Waals surface area contributed by atoms with Crippen molar-refractivity contribution in [3.63, 3.8) is 0 Å². The van der Waals surface area contributed by atoms with Crippen molar-refractivity contribution in [2.75, 3.05) is 7.05 Å². The molecule has 2 aromatic rings. The first-order valence-corrected chi connectivity index (χ1v) is 5.31. The Kier molecular flexibility index (Phi) is 3.18. The molecule has 5 nitrogen and oxygen atoms in total. The lowest BCUT2D eigenvalue weighted by molar-refractivity contribution is 0.0778. The van der Waals surface area contributed by atoms with Gasteiger partial charge in [0.25, 0.3) is 5.91 Å². The maximum Gasteiger partial charge on any atom is 0.274 e. The van der Waals surface area contributed by atoms with Gasteiger partial charge in [-0.25, -0.2) is 0 Å². The summed E-state index contributed by atoms with van der Waals surface area (Å²) in [6, 6.07) is 5.50. The van der Waals surface area contributed by atoms with Crippen LogP contribution in [0.3, 0.4) is 0 Å². The van der Waals surface area contributed by atoms with E-state index in [0.717, 1.165) is 5.56 Å². The molecule has 0 unspecified atom stereocenters. The van der Waals surface area contributed by atoms with Crippen LogP contribution in [-0.2, 0) is 13.6 Å². The summed E-state index contributed by atoms with van der Waals surface area (Å²) in [5.74, 6) is -0.0811. The van der Waals surface area contributed by atoms with Gasteiger partial charge in [0.05, 0.1) is 0 Å². The molecule has 88 valence electrons. The summed E-state index contributed by atoms with van der Waals surface area (Å²) >= 11 is 0. The van der Waals surface area contributed by atoms with Crippen molar-refractivity contribution in [1.29, 1.82) is 0 Å². The zero-order valence-corrected chi connectivity index (χ0v) is 9.87. The van der Waals surface area contributed by atoms with Gasteiger partial charge in [0.15, 0.2) is 0 Å². The number of hydrogen-bond donors (Lipinski definition) is 0. The standard InChI is InChI=1S/C12H14N4O/c1-15(9-10-3-6-13-7-4-10)12(17)11-5-8-16(2)14-11/h3-8H,9H2,1-2H3. The topological polar surface area (TPSA) is 51.0 Å². The SMILES string of the molecule is CN(Cc1ccncc1)C(=O)c1ccn(C)n1. The third-order valence-electron chi connectivity index (χ3n) is 2.45. The maximum absolute atomic E-state index is 12.0. The van der Waals surface area contributed by atoms with Gasteiger partial charge in [-0.2, -0.15) is 5.10 Å². The summed E-state index contributed by atoms with van der Waals surface area (Å²) in [4.78, 5) is 17.6. The van der Waals surface area contributed by atoms with E-state index in [2.05, 4.69) is 10.1 Å². The molecule has 1 amide bonds. The van der Waals surface area contributed by atoms with E-state index in [1.54, 1.807) is 48.3 Å². The van der Waals surface area contributed by atoms with Gasteiger partial charge >= 0.3 is 0 Å². The van der Waals surface area contributed by atoms with E-state index in [9.17, 15) is 4.79 Å². The second kappa shape index (κ2) is 4.78. The third-order valence-corrected chi connectivity index (χ3v) is 2.45. The second-order valence-corrected chi connectivity index (χ2v) is 3.89. The number of aromatic nitrogens is 3. The molecule has 17 heavy (non-hydrogen) atoms. The molecule has 0 spiro atoms. The predicted octanol–water partition coefficient (Wildman–Crippen LogP) is 1.09. The minimum atomic E-state index is -0.0811. The van der Waals surface area contributed by atoms with Gasteiger partial charge in [-0.05, 0) is 23.8 Å². The monoisotopic (exact) mass is 230 g/mol. The van der Waals surface area contributed by atoms with Gasteiger partial charge in [-0.15, -0.1) is 0 Å². The number of nitrogens with zero attached hydrogens (tertiary/aromatic N) is 4. The number of carbonyl (C=O) groups is 1. The number of carbonyl (C=O) groups excluding carboxylic acids is 1. The Labute approximate surface area is 99.7 Å². The summed E-state index contributed by atoms with van der Waals surface area (Å²) in [5, 5.41) is 4.09. The van der Waals surface area contributed by atoms with Crippen LogP contribution in [0.1, 0.15) is 16.1 Å². The molecule has 0 saturated carbocycles. The van der Waals surface area contributed by atoms with E-state index in [0.29, 0.717) is 12.2 Å². The van der Waals surface area contributed by atoms with Gasteiger partial charge in [0.1, 0.15) is 5.69 Å². The minimum Gasteiger partial charge on any atom is -0.336 e. The second-order valence-electron chi connectivity index (χ2n) is 3.89. The summed E-state index contributed by atoms with van der Waals surface area (Å²) in [5.41, 5.74) is 1.51. The first-order chi connectivity index (χ1) is 8.16. The Morgan fingerprint density at radius 3 is 2.65 bits per heavy atom.